The van der Waals surface area contributed by atoms with E-state index in [1.54, 1.807) is 25.4 Å². The van der Waals surface area contributed by atoms with E-state index in [1.165, 1.54) is 4.57 Å². The molecular weight excluding hydrogens is 332 g/mol. The van der Waals surface area contributed by atoms with Crippen molar-refractivity contribution in [2.75, 3.05) is 13.1 Å². The Morgan fingerprint density at radius 2 is 2.15 bits per heavy atom. The van der Waals surface area contributed by atoms with Gasteiger partial charge in [-0.3, -0.25) is 9.59 Å². The summed E-state index contributed by atoms with van der Waals surface area (Å²) in [5, 5.41) is 15.0. The van der Waals surface area contributed by atoms with Crippen LogP contribution in [0.5, 0.6) is 0 Å². The number of carbonyl (C=O) groups is 1. The second kappa shape index (κ2) is 7.82. The van der Waals surface area contributed by atoms with Crippen LogP contribution >= 0.6 is 0 Å². The van der Waals surface area contributed by atoms with Crippen LogP contribution in [0.25, 0.3) is 0 Å². The first-order valence-corrected chi connectivity index (χ1v) is 9.06. The first kappa shape index (κ1) is 18.3. The average Bonchev–Trinajstić information content (AvgIpc) is 2.84. The molecule has 0 aliphatic carbocycles. The Balaban J connectivity index is 1.90. The number of amides is 1. The lowest BCUT2D eigenvalue weighted by molar-refractivity contribution is 0.0927. The molecule has 0 aromatic carbocycles. The Morgan fingerprint density at radius 1 is 1.35 bits per heavy atom. The standard InChI is InChI=1S/C18H26N6O2/c1-12(2)11-14(16-22-21-15-6-7-19-8-10-24(15)16)20-17(25)13-5-4-9-23(3)18(13)26/h4-5,9,12,14,19H,6-8,10-11H2,1-3H3,(H,20,25)/t14-/m0/s1. The topological polar surface area (TPSA) is 93.8 Å². The maximum absolute atomic E-state index is 12.7. The molecule has 8 nitrogen and oxygen atoms in total. The van der Waals surface area contributed by atoms with E-state index in [4.69, 9.17) is 0 Å². The highest BCUT2D eigenvalue weighted by Crippen LogP contribution is 2.22. The molecule has 2 aromatic heterocycles. The number of aryl methyl sites for hydroxylation is 1. The van der Waals surface area contributed by atoms with Gasteiger partial charge >= 0.3 is 0 Å². The average molecular weight is 358 g/mol. The number of nitrogens with one attached hydrogen (secondary N) is 2. The molecule has 0 radical (unpaired) electrons. The summed E-state index contributed by atoms with van der Waals surface area (Å²) in [4.78, 5) is 25.0. The fourth-order valence-corrected chi connectivity index (χ4v) is 3.26. The van der Waals surface area contributed by atoms with Crippen LogP contribution in [-0.2, 0) is 20.0 Å². The number of pyridine rings is 1. The molecule has 3 rings (SSSR count). The van der Waals surface area contributed by atoms with Crippen molar-refractivity contribution < 1.29 is 4.79 Å². The second-order valence-electron chi connectivity index (χ2n) is 7.12. The maximum atomic E-state index is 12.7. The molecule has 1 amide bonds. The molecule has 0 bridgehead atoms. The van der Waals surface area contributed by atoms with E-state index in [1.807, 2.05) is 0 Å². The number of carbonyl (C=O) groups excluding carboxylic acids is 1. The molecule has 0 unspecified atom stereocenters. The summed E-state index contributed by atoms with van der Waals surface area (Å²) in [5.74, 6) is 1.68. The fourth-order valence-electron chi connectivity index (χ4n) is 3.26. The SMILES string of the molecule is CC(C)C[C@H](NC(=O)c1cccn(C)c1=O)c1nnc2n1CCNCC2. The molecule has 2 aromatic rings. The molecular formula is C18H26N6O2. The summed E-state index contributed by atoms with van der Waals surface area (Å²) in [5.41, 5.74) is -0.168. The Labute approximate surface area is 152 Å². The van der Waals surface area contributed by atoms with E-state index >= 15 is 0 Å². The van der Waals surface area contributed by atoms with Gasteiger partial charge in [-0.1, -0.05) is 13.8 Å². The van der Waals surface area contributed by atoms with Crippen molar-refractivity contribution in [3.05, 3.63) is 45.9 Å². The van der Waals surface area contributed by atoms with Gasteiger partial charge in [-0.2, -0.15) is 0 Å². The summed E-state index contributed by atoms with van der Waals surface area (Å²) in [6, 6.07) is 2.97. The first-order valence-electron chi connectivity index (χ1n) is 9.06. The number of fused-ring (bicyclic) bond motifs is 1. The number of hydrogen-bond donors (Lipinski definition) is 2. The fraction of sp³-hybridized carbons (Fsp3) is 0.556. The maximum Gasteiger partial charge on any atom is 0.263 e. The van der Waals surface area contributed by atoms with Gasteiger partial charge in [-0.25, -0.2) is 0 Å². The van der Waals surface area contributed by atoms with E-state index in [9.17, 15) is 9.59 Å². The normalized spacial score (nSPS) is 15.4. The highest BCUT2D eigenvalue weighted by Gasteiger charge is 2.25. The highest BCUT2D eigenvalue weighted by atomic mass is 16.2. The van der Waals surface area contributed by atoms with Gasteiger partial charge in [-0.05, 0) is 24.5 Å². The second-order valence-corrected chi connectivity index (χ2v) is 7.12. The molecule has 1 atom stereocenters. The molecule has 0 spiro atoms. The number of aromatic nitrogens is 4. The van der Waals surface area contributed by atoms with Crippen LogP contribution in [0.3, 0.4) is 0 Å². The molecule has 1 aliphatic rings. The quantitative estimate of drug-likeness (QED) is 0.818. The lowest BCUT2D eigenvalue weighted by Crippen LogP contribution is -2.36. The molecule has 26 heavy (non-hydrogen) atoms. The zero-order valence-corrected chi connectivity index (χ0v) is 15.5. The minimum atomic E-state index is -0.374. The van der Waals surface area contributed by atoms with Gasteiger partial charge in [0.1, 0.15) is 11.4 Å². The van der Waals surface area contributed by atoms with Crippen LogP contribution in [0.4, 0.5) is 0 Å². The summed E-state index contributed by atoms with van der Waals surface area (Å²) in [6.45, 7) is 6.69. The van der Waals surface area contributed by atoms with Crippen molar-refractivity contribution in [2.24, 2.45) is 13.0 Å². The summed E-state index contributed by atoms with van der Waals surface area (Å²) in [7, 11) is 1.64. The molecule has 0 saturated heterocycles. The largest absolute Gasteiger partial charge is 0.342 e. The number of rotatable bonds is 5. The van der Waals surface area contributed by atoms with Crippen LogP contribution < -0.4 is 16.2 Å². The third-order valence-corrected chi connectivity index (χ3v) is 4.59. The van der Waals surface area contributed by atoms with Gasteiger partial charge in [0.25, 0.3) is 11.5 Å². The summed E-state index contributed by atoms with van der Waals surface area (Å²) >= 11 is 0. The van der Waals surface area contributed by atoms with Gasteiger partial charge in [-0.15, -0.1) is 10.2 Å². The van der Waals surface area contributed by atoms with Crippen LogP contribution in [-0.4, -0.2) is 38.3 Å². The van der Waals surface area contributed by atoms with E-state index < -0.39 is 0 Å². The lowest BCUT2D eigenvalue weighted by atomic mass is 10.0. The van der Waals surface area contributed by atoms with Crippen LogP contribution in [0.1, 0.15) is 48.3 Å². The predicted octanol–water partition coefficient (Wildman–Crippen LogP) is 0.640. The Bertz CT molecular complexity index is 838. The van der Waals surface area contributed by atoms with Crippen molar-refractivity contribution in [3.63, 3.8) is 0 Å². The minimum Gasteiger partial charge on any atom is -0.342 e. The van der Waals surface area contributed by atoms with Crippen molar-refractivity contribution in [1.82, 2.24) is 30.0 Å². The van der Waals surface area contributed by atoms with Crippen molar-refractivity contribution in [3.8, 4) is 0 Å². The smallest absolute Gasteiger partial charge is 0.263 e. The Morgan fingerprint density at radius 3 is 2.92 bits per heavy atom. The van der Waals surface area contributed by atoms with Gasteiger partial charge in [0.2, 0.25) is 0 Å². The Hall–Kier alpha value is -2.48. The summed E-state index contributed by atoms with van der Waals surface area (Å²) < 4.78 is 3.50. The van der Waals surface area contributed by atoms with Crippen LogP contribution in [0.15, 0.2) is 23.1 Å². The van der Waals surface area contributed by atoms with Gasteiger partial charge in [0, 0.05) is 39.3 Å². The van der Waals surface area contributed by atoms with Gasteiger partial charge < -0.3 is 19.8 Å². The van der Waals surface area contributed by atoms with Crippen molar-refractivity contribution in [1.29, 1.82) is 0 Å². The van der Waals surface area contributed by atoms with Gasteiger partial charge in [0.15, 0.2) is 5.82 Å². The van der Waals surface area contributed by atoms with Crippen molar-refractivity contribution in [2.45, 2.75) is 39.3 Å². The third-order valence-electron chi connectivity index (χ3n) is 4.59. The zero-order valence-electron chi connectivity index (χ0n) is 15.5. The van der Waals surface area contributed by atoms with E-state index in [0.717, 1.165) is 44.1 Å². The van der Waals surface area contributed by atoms with Crippen LogP contribution in [0.2, 0.25) is 0 Å². The zero-order chi connectivity index (χ0) is 18.7. The van der Waals surface area contributed by atoms with Gasteiger partial charge in [0.05, 0.1) is 6.04 Å². The lowest BCUT2D eigenvalue weighted by Gasteiger charge is -2.21. The highest BCUT2D eigenvalue weighted by molar-refractivity contribution is 5.94. The van der Waals surface area contributed by atoms with E-state index in [-0.39, 0.29) is 23.1 Å². The van der Waals surface area contributed by atoms with E-state index in [0.29, 0.717) is 5.92 Å². The number of nitrogens with zero attached hydrogens (tertiary/aromatic N) is 4. The predicted molar refractivity (Wildman–Crippen MR) is 97.9 cm³/mol. The minimum absolute atomic E-state index is 0.140. The molecule has 0 fully saturated rings. The molecule has 8 heteroatoms. The number of hydrogen-bond acceptors (Lipinski definition) is 5. The Kier molecular flexibility index (Phi) is 5.51. The molecule has 1 aliphatic heterocycles. The van der Waals surface area contributed by atoms with E-state index in [2.05, 4.69) is 39.2 Å². The molecule has 0 saturated carbocycles. The third kappa shape index (κ3) is 3.85. The first-order chi connectivity index (χ1) is 12.5. The molecule has 3 heterocycles. The molecule has 140 valence electrons. The summed E-state index contributed by atoms with van der Waals surface area (Å²) in [6.07, 6.45) is 3.18. The monoisotopic (exact) mass is 358 g/mol. The van der Waals surface area contributed by atoms with Crippen LogP contribution in [0, 0.1) is 5.92 Å². The molecule has 2 N–H and O–H groups in total. The van der Waals surface area contributed by atoms with Crippen molar-refractivity contribution >= 4 is 5.91 Å².